The van der Waals surface area contributed by atoms with Crippen LogP contribution in [-0.4, -0.2) is 40.1 Å². The SMILES string of the molecule is COc1c(C)c(CC=C(C)CCC2OC2(C)C)c(OC)c(OC)c1OC. The van der Waals surface area contributed by atoms with Crippen molar-refractivity contribution >= 4 is 0 Å². The smallest absolute Gasteiger partial charge is 0.207 e. The van der Waals surface area contributed by atoms with E-state index in [1.165, 1.54) is 5.57 Å². The summed E-state index contributed by atoms with van der Waals surface area (Å²) in [5, 5.41) is 0. The summed E-state index contributed by atoms with van der Waals surface area (Å²) in [4.78, 5) is 0. The van der Waals surface area contributed by atoms with Crippen molar-refractivity contribution in [2.75, 3.05) is 28.4 Å². The van der Waals surface area contributed by atoms with Crippen molar-refractivity contribution in [3.8, 4) is 23.0 Å². The average Bonchev–Trinajstić information content (AvgIpc) is 3.24. The first-order valence-electron chi connectivity index (χ1n) is 8.99. The second-order valence-electron chi connectivity index (χ2n) is 7.24. The van der Waals surface area contributed by atoms with Gasteiger partial charge in [0, 0.05) is 11.1 Å². The quantitative estimate of drug-likeness (QED) is 0.478. The zero-order valence-corrected chi connectivity index (χ0v) is 17.3. The molecule has 1 heterocycles. The molecule has 1 aliphatic rings. The van der Waals surface area contributed by atoms with E-state index in [2.05, 4.69) is 26.8 Å². The summed E-state index contributed by atoms with van der Waals surface area (Å²) in [5.41, 5.74) is 3.44. The molecule has 1 atom stereocenters. The van der Waals surface area contributed by atoms with E-state index in [0.29, 0.717) is 29.1 Å². The minimum atomic E-state index is 0.0524. The normalized spacial score (nSPS) is 18.5. The van der Waals surface area contributed by atoms with Gasteiger partial charge in [-0.05, 0) is 47.0 Å². The third-order valence-corrected chi connectivity index (χ3v) is 5.12. The van der Waals surface area contributed by atoms with Crippen molar-refractivity contribution in [1.82, 2.24) is 0 Å². The van der Waals surface area contributed by atoms with Crippen molar-refractivity contribution < 1.29 is 23.7 Å². The molecule has 0 bridgehead atoms. The van der Waals surface area contributed by atoms with E-state index >= 15 is 0 Å². The van der Waals surface area contributed by atoms with Crippen molar-refractivity contribution in [3.63, 3.8) is 0 Å². The standard InChI is InChI=1S/C21H32O5/c1-13(10-12-16-21(3,4)26-16)9-11-15-14(2)17(22-5)19(24-7)20(25-8)18(15)23-6/h9,16H,10-12H2,1-8H3. The number of hydrogen-bond donors (Lipinski definition) is 0. The van der Waals surface area contributed by atoms with Gasteiger partial charge in [0.1, 0.15) is 0 Å². The van der Waals surface area contributed by atoms with Gasteiger partial charge in [0.15, 0.2) is 11.5 Å². The predicted molar refractivity (Wildman–Crippen MR) is 103 cm³/mol. The Morgan fingerprint density at radius 1 is 0.962 bits per heavy atom. The van der Waals surface area contributed by atoms with Crippen molar-refractivity contribution in [2.24, 2.45) is 0 Å². The number of ether oxygens (including phenoxy) is 5. The molecule has 146 valence electrons. The van der Waals surface area contributed by atoms with Gasteiger partial charge in [-0.2, -0.15) is 0 Å². The number of methoxy groups -OCH3 is 4. The van der Waals surface area contributed by atoms with Gasteiger partial charge in [-0.25, -0.2) is 0 Å². The maximum Gasteiger partial charge on any atom is 0.207 e. The summed E-state index contributed by atoms with van der Waals surface area (Å²) in [6, 6.07) is 0. The summed E-state index contributed by atoms with van der Waals surface area (Å²) in [6.07, 6.45) is 5.45. The van der Waals surface area contributed by atoms with E-state index in [4.69, 9.17) is 23.7 Å². The van der Waals surface area contributed by atoms with Crippen LogP contribution in [0.5, 0.6) is 23.0 Å². The Kier molecular flexibility index (Phi) is 6.45. The molecular formula is C21H32O5. The lowest BCUT2D eigenvalue weighted by Gasteiger charge is -2.21. The Labute approximate surface area is 157 Å². The minimum Gasteiger partial charge on any atom is -0.492 e. The maximum absolute atomic E-state index is 5.67. The molecule has 0 aromatic heterocycles. The summed E-state index contributed by atoms with van der Waals surface area (Å²) in [6.45, 7) is 8.46. The Morgan fingerprint density at radius 2 is 1.46 bits per heavy atom. The van der Waals surface area contributed by atoms with Gasteiger partial charge in [-0.1, -0.05) is 11.6 Å². The Hall–Kier alpha value is -1.88. The summed E-state index contributed by atoms with van der Waals surface area (Å²) in [7, 11) is 6.50. The zero-order valence-electron chi connectivity index (χ0n) is 17.3. The molecule has 1 fully saturated rings. The molecule has 0 radical (unpaired) electrons. The first kappa shape index (κ1) is 20.4. The highest BCUT2D eigenvalue weighted by Gasteiger charge is 2.46. The Balaban J connectivity index is 2.25. The van der Waals surface area contributed by atoms with Gasteiger partial charge in [-0.15, -0.1) is 0 Å². The fraction of sp³-hybridized carbons (Fsp3) is 0.619. The van der Waals surface area contributed by atoms with Crippen molar-refractivity contribution in [1.29, 1.82) is 0 Å². The molecule has 2 rings (SSSR count). The first-order valence-corrected chi connectivity index (χ1v) is 8.99. The van der Waals surface area contributed by atoms with E-state index in [0.717, 1.165) is 30.4 Å². The molecule has 5 nitrogen and oxygen atoms in total. The van der Waals surface area contributed by atoms with Crippen LogP contribution in [0.4, 0.5) is 0 Å². The Bertz CT molecular complexity index is 676. The summed E-state index contributed by atoms with van der Waals surface area (Å²) in [5.74, 6) is 2.49. The highest BCUT2D eigenvalue weighted by molar-refractivity contribution is 5.67. The van der Waals surface area contributed by atoms with Crippen LogP contribution in [-0.2, 0) is 11.2 Å². The lowest BCUT2D eigenvalue weighted by molar-refractivity contribution is 0.302. The van der Waals surface area contributed by atoms with Crippen molar-refractivity contribution in [2.45, 2.75) is 58.7 Å². The topological polar surface area (TPSA) is 49.5 Å². The van der Waals surface area contributed by atoms with Crippen LogP contribution in [0.1, 0.15) is 44.7 Å². The number of hydrogen-bond acceptors (Lipinski definition) is 5. The zero-order chi connectivity index (χ0) is 19.5. The molecule has 1 aromatic rings. The molecule has 1 aromatic carbocycles. The number of rotatable bonds is 9. The third kappa shape index (κ3) is 4.09. The van der Waals surface area contributed by atoms with Crippen LogP contribution >= 0.6 is 0 Å². The fourth-order valence-electron chi connectivity index (χ4n) is 3.38. The van der Waals surface area contributed by atoms with Gasteiger partial charge >= 0.3 is 0 Å². The molecular weight excluding hydrogens is 332 g/mol. The van der Waals surface area contributed by atoms with Crippen molar-refractivity contribution in [3.05, 3.63) is 22.8 Å². The van der Waals surface area contributed by atoms with Gasteiger partial charge in [0.05, 0.1) is 40.1 Å². The second kappa shape index (κ2) is 8.21. The summed E-state index contributed by atoms with van der Waals surface area (Å²) >= 11 is 0. The maximum atomic E-state index is 5.67. The molecule has 0 N–H and O–H groups in total. The van der Waals surface area contributed by atoms with Crippen LogP contribution in [0.25, 0.3) is 0 Å². The van der Waals surface area contributed by atoms with Gasteiger partial charge in [0.25, 0.3) is 0 Å². The monoisotopic (exact) mass is 364 g/mol. The van der Waals surface area contributed by atoms with Gasteiger partial charge in [-0.3, -0.25) is 0 Å². The molecule has 0 saturated carbocycles. The van der Waals surface area contributed by atoms with E-state index in [1.807, 2.05) is 6.92 Å². The molecule has 0 spiro atoms. The first-order chi connectivity index (χ1) is 12.3. The highest BCUT2D eigenvalue weighted by Crippen LogP contribution is 2.49. The molecule has 1 unspecified atom stereocenters. The van der Waals surface area contributed by atoms with E-state index in [-0.39, 0.29) is 5.60 Å². The molecule has 1 saturated heterocycles. The average molecular weight is 364 g/mol. The largest absolute Gasteiger partial charge is 0.492 e. The van der Waals surface area contributed by atoms with Crippen LogP contribution in [0, 0.1) is 6.92 Å². The van der Waals surface area contributed by atoms with Crippen LogP contribution < -0.4 is 18.9 Å². The van der Waals surface area contributed by atoms with Gasteiger partial charge in [0.2, 0.25) is 11.5 Å². The number of allylic oxidation sites excluding steroid dienone is 2. The van der Waals surface area contributed by atoms with E-state index < -0.39 is 0 Å². The predicted octanol–water partition coefficient (Wildman–Crippen LogP) is 4.48. The molecule has 0 amide bonds. The minimum absolute atomic E-state index is 0.0524. The molecule has 1 aliphatic heterocycles. The van der Waals surface area contributed by atoms with Crippen LogP contribution in [0.15, 0.2) is 11.6 Å². The fourth-order valence-corrected chi connectivity index (χ4v) is 3.38. The van der Waals surface area contributed by atoms with E-state index in [1.54, 1.807) is 28.4 Å². The number of benzene rings is 1. The Morgan fingerprint density at radius 3 is 1.92 bits per heavy atom. The lowest BCUT2D eigenvalue weighted by atomic mass is 9.98. The third-order valence-electron chi connectivity index (χ3n) is 5.12. The highest BCUT2D eigenvalue weighted by atomic mass is 16.6. The lowest BCUT2D eigenvalue weighted by Crippen LogP contribution is -2.05. The molecule has 0 aliphatic carbocycles. The summed E-state index contributed by atoms with van der Waals surface area (Å²) < 4.78 is 27.9. The molecule has 5 heteroatoms. The number of epoxide rings is 1. The second-order valence-corrected chi connectivity index (χ2v) is 7.24. The van der Waals surface area contributed by atoms with Gasteiger partial charge < -0.3 is 23.7 Å². The molecule has 26 heavy (non-hydrogen) atoms. The van der Waals surface area contributed by atoms with Crippen LogP contribution in [0.3, 0.4) is 0 Å². The van der Waals surface area contributed by atoms with Crippen LogP contribution in [0.2, 0.25) is 0 Å². The van der Waals surface area contributed by atoms with E-state index in [9.17, 15) is 0 Å².